The smallest absolute Gasteiger partial charge is 0.335 e. The minimum absolute atomic E-state index is 0.0461. The molecule has 3 aliphatic rings. The molecule has 36 heavy (non-hydrogen) atoms. The molecule has 1 aliphatic carbocycles. The first-order valence-corrected chi connectivity index (χ1v) is 13.0. The second-order valence-electron chi connectivity index (χ2n) is 10.3. The van der Waals surface area contributed by atoms with Gasteiger partial charge in [0.1, 0.15) is 17.7 Å². The number of hydrogen-bond donors (Lipinski definition) is 5. The van der Waals surface area contributed by atoms with Gasteiger partial charge in [-0.25, -0.2) is 19.6 Å². The predicted octanol–water partition coefficient (Wildman–Crippen LogP) is 3.43. The Labute approximate surface area is 211 Å². The Balaban J connectivity index is 1.35. The van der Waals surface area contributed by atoms with Crippen molar-refractivity contribution >= 4 is 11.5 Å². The number of halogens is 1. The maximum atomic E-state index is 15.9. The minimum atomic E-state index is -1.06. The van der Waals surface area contributed by atoms with E-state index in [9.17, 15) is 9.90 Å². The molecule has 0 radical (unpaired) electrons. The van der Waals surface area contributed by atoms with Gasteiger partial charge in [0, 0.05) is 18.4 Å². The van der Waals surface area contributed by atoms with Gasteiger partial charge in [0.2, 0.25) is 0 Å². The van der Waals surface area contributed by atoms with Crippen LogP contribution in [0.1, 0.15) is 74.6 Å². The highest BCUT2D eigenvalue weighted by atomic mass is 19.1. The topological polar surface area (TPSA) is 111 Å². The second-order valence-corrected chi connectivity index (χ2v) is 10.3. The molecule has 5 unspecified atom stereocenters. The van der Waals surface area contributed by atoms with Crippen molar-refractivity contribution in [1.29, 1.82) is 0 Å². The molecule has 1 aromatic carbocycles. The van der Waals surface area contributed by atoms with Crippen molar-refractivity contribution in [3.05, 3.63) is 52.6 Å². The molecular formula is C27H36FN5O3. The zero-order valence-electron chi connectivity index (χ0n) is 21.1. The van der Waals surface area contributed by atoms with E-state index in [1.54, 1.807) is 18.3 Å². The Morgan fingerprint density at radius 1 is 1.28 bits per heavy atom. The quantitative estimate of drug-likeness (QED) is 0.389. The van der Waals surface area contributed by atoms with Crippen molar-refractivity contribution in [2.45, 2.75) is 76.7 Å². The van der Waals surface area contributed by atoms with Crippen LogP contribution in [0, 0.1) is 5.92 Å². The van der Waals surface area contributed by atoms with Crippen molar-refractivity contribution in [2.75, 3.05) is 13.1 Å². The van der Waals surface area contributed by atoms with Gasteiger partial charge in [-0.15, -0.1) is 0 Å². The van der Waals surface area contributed by atoms with Crippen LogP contribution in [0.2, 0.25) is 0 Å². The largest absolute Gasteiger partial charge is 0.508 e. The molecule has 5 rings (SSSR count). The number of alkyl halides is 1. The molecular weight excluding hydrogens is 461 g/mol. The third-order valence-electron chi connectivity index (χ3n) is 7.76. The summed E-state index contributed by atoms with van der Waals surface area (Å²) >= 11 is 0. The molecule has 5 N–H and O–H groups in total. The van der Waals surface area contributed by atoms with Gasteiger partial charge in [-0.2, -0.15) is 0 Å². The number of fused-ring (bicyclic) bond motifs is 1. The van der Waals surface area contributed by atoms with E-state index in [1.165, 1.54) is 0 Å². The number of nitrogens with zero attached hydrogens (tertiary/aromatic N) is 1. The van der Waals surface area contributed by atoms with E-state index >= 15 is 4.39 Å². The summed E-state index contributed by atoms with van der Waals surface area (Å²) in [5, 5.41) is 13.1. The van der Waals surface area contributed by atoms with Crippen LogP contribution in [-0.4, -0.2) is 52.5 Å². The minimum Gasteiger partial charge on any atom is -0.508 e. The van der Waals surface area contributed by atoms with Crippen LogP contribution in [0.25, 0.3) is 5.57 Å². The molecule has 9 heteroatoms. The number of esters is 1. The van der Waals surface area contributed by atoms with E-state index in [0.29, 0.717) is 18.5 Å². The molecule has 5 atom stereocenters. The molecule has 2 aliphatic heterocycles. The number of rotatable bonds is 6. The molecule has 8 nitrogen and oxygen atoms in total. The number of carbonyl (C=O) groups is 1. The van der Waals surface area contributed by atoms with Crippen molar-refractivity contribution in [3.8, 4) is 5.75 Å². The van der Waals surface area contributed by atoms with Gasteiger partial charge in [-0.3, -0.25) is 5.43 Å². The standard InChI is InChI=1S/C27H36FN5O3/c1-4-15-11-16(34)5-6-17(15)19-7-8-20-24(23(19)28)32-33-25(20)26-30-13-22(31-26)18-9-10-29-12-21(18)27(35)36-14(2)3/h5-6,11,13-14,19-20,23-25,29,32-34H,4,7-10,12H2,1-3H3,(H,30,31). The number of benzene rings is 1. The van der Waals surface area contributed by atoms with Crippen LogP contribution in [0.4, 0.5) is 4.39 Å². The van der Waals surface area contributed by atoms with E-state index < -0.39 is 6.17 Å². The van der Waals surface area contributed by atoms with Crippen LogP contribution in [-0.2, 0) is 16.0 Å². The second kappa shape index (κ2) is 10.3. The maximum absolute atomic E-state index is 15.9. The predicted molar refractivity (Wildman–Crippen MR) is 135 cm³/mol. The van der Waals surface area contributed by atoms with Gasteiger partial charge in [0.15, 0.2) is 0 Å². The van der Waals surface area contributed by atoms with Crippen LogP contribution >= 0.6 is 0 Å². The number of aromatic nitrogens is 2. The molecule has 194 valence electrons. The van der Waals surface area contributed by atoms with Crippen LogP contribution in [0.3, 0.4) is 0 Å². The molecule has 2 aromatic rings. The normalized spacial score (nSPS) is 28.4. The lowest BCUT2D eigenvalue weighted by molar-refractivity contribution is -0.142. The molecule has 0 spiro atoms. The van der Waals surface area contributed by atoms with Crippen molar-refractivity contribution in [2.24, 2.45) is 5.92 Å². The van der Waals surface area contributed by atoms with E-state index in [2.05, 4.69) is 26.1 Å². The number of carbonyl (C=O) groups excluding carboxylic acids is 1. The Morgan fingerprint density at radius 2 is 2.11 bits per heavy atom. The number of H-pyrrole nitrogens is 1. The average Bonchev–Trinajstić information content (AvgIpc) is 3.52. The van der Waals surface area contributed by atoms with Gasteiger partial charge in [-0.05, 0) is 74.9 Å². The van der Waals surface area contributed by atoms with E-state index in [0.717, 1.165) is 54.0 Å². The fourth-order valence-corrected chi connectivity index (χ4v) is 6.02. The average molecular weight is 498 g/mol. The van der Waals surface area contributed by atoms with E-state index in [4.69, 9.17) is 4.74 Å². The zero-order valence-corrected chi connectivity index (χ0v) is 21.1. The number of ether oxygens (including phenoxy) is 1. The zero-order chi connectivity index (χ0) is 25.4. The highest BCUT2D eigenvalue weighted by molar-refractivity contribution is 5.98. The molecule has 1 aromatic heterocycles. The van der Waals surface area contributed by atoms with E-state index in [-0.39, 0.29) is 41.7 Å². The lowest BCUT2D eigenvalue weighted by Crippen LogP contribution is -2.45. The number of phenols is 1. The summed E-state index contributed by atoms with van der Waals surface area (Å²) in [4.78, 5) is 20.7. The number of nitrogens with one attached hydrogen (secondary N) is 4. The molecule has 0 amide bonds. The third-order valence-corrected chi connectivity index (χ3v) is 7.76. The molecule has 3 heterocycles. The van der Waals surface area contributed by atoms with Crippen LogP contribution in [0.5, 0.6) is 5.75 Å². The number of phenolic OH excluding ortho intramolecular Hbond substituents is 1. The summed E-state index contributed by atoms with van der Waals surface area (Å²) < 4.78 is 21.3. The number of imidazole rings is 1. The summed E-state index contributed by atoms with van der Waals surface area (Å²) in [7, 11) is 0. The lowest BCUT2D eigenvalue weighted by Gasteiger charge is -2.36. The Kier molecular flexibility index (Phi) is 7.14. The highest BCUT2D eigenvalue weighted by Gasteiger charge is 2.48. The van der Waals surface area contributed by atoms with Crippen molar-refractivity contribution in [1.82, 2.24) is 26.1 Å². The first-order valence-electron chi connectivity index (χ1n) is 13.0. The number of hydrogen-bond acceptors (Lipinski definition) is 7. The van der Waals surface area contributed by atoms with Gasteiger partial charge in [0.25, 0.3) is 0 Å². The Hall–Kier alpha value is -2.75. The van der Waals surface area contributed by atoms with Gasteiger partial charge in [-0.1, -0.05) is 13.0 Å². The number of hydrazine groups is 1. The van der Waals surface area contributed by atoms with Crippen LogP contribution in [0.15, 0.2) is 30.0 Å². The first kappa shape index (κ1) is 24.9. The SMILES string of the molecule is CCc1cc(O)ccc1C1CCC2C(c3ncc(C4=C(C(=O)OC(C)C)CNCC4)[nH]3)NNC2C1F. The lowest BCUT2D eigenvalue weighted by atomic mass is 9.71. The fourth-order valence-electron chi connectivity index (χ4n) is 6.02. The first-order chi connectivity index (χ1) is 17.4. The number of aromatic hydroxyl groups is 1. The third kappa shape index (κ3) is 4.67. The van der Waals surface area contributed by atoms with Gasteiger partial charge >= 0.3 is 5.97 Å². The Morgan fingerprint density at radius 3 is 2.89 bits per heavy atom. The number of aromatic amines is 1. The monoisotopic (exact) mass is 497 g/mol. The Bertz CT molecular complexity index is 1150. The fraction of sp³-hybridized carbons (Fsp3) is 0.556. The number of aryl methyl sites for hydroxylation is 1. The van der Waals surface area contributed by atoms with Crippen LogP contribution < -0.4 is 16.2 Å². The van der Waals surface area contributed by atoms with Gasteiger partial charge in [0.05, 0.1) is 35.7 Å². The summed E-state index contributed by atoms with van der Waals surface area (Å²) in [6.07, 6.45) is 3.56. The summed E-state index contributed by atoms with van der Waals surface area (Å²) in [5.74, 6) is 0.500. The molecule has 0 bridgehead atoms. The van der Waals surface area contributed by atoms with Crippen molar-refractivity contribution in [3.63, 3.8) is 0 Å². The van der Waals surface area contributed by atoms with Crippen molar-refractivity contribution < 1.29 is 19.0 Å². The maximum Gasteiger partial charge on any atom is 0.335 e. The van der Waals surface area contributed by atoms with Gasteiger partial charge < -0.3 is 20.1 Å². The molecule has 2 fully saturated rings. The summed E-state index contributed by atoms with van der Waals surface area (Å²) in [6, 6.07) is 4.79. The highest BCUT2D eigenvalue weighted by Crippen LogP contribution is 2.45. The van der Waals surface area contributed by atoms with E-state index in [1.807, 2.05) is 26.8 Å². The summed E-state index contributed by atoms with van der Waals surface area (Å²) in [5.41, 5.74) is 10.9. The molecule has 1 saturated heterocycles. The molecule has 1 saturated carbocycles. The summed E-state index contributed by atoms with van der Waals surface area (Å²) in [6.45, 7) is 6.96.